The number of piperazine rings is 1. The van der Waals surface area contributed by atoms with Gasteiger partial charge in [-0.2, -0.15) is 4.31 Å². The highest BCUT2D eigenvalue weighted by Gasteiger charge is 2.33. The van der Waals surface area contributed by atoms with Crippen molar-refractivity contribution in [3.05, 3.63) is 58.5 Å². The van der Waals surface area contributed by atoms with Crippen LogP contribution in [0.15, 0.2) is 41.4 Å². The fraction of sp³-hybridized carbons (Fsp3) is 0.286. The van der Waals surface area contributed by atoms with E-state index >= 15 is 0 Å². The van der Waals surface area contributed by atoms with Crippen LogP contribution in [0.2, 0.25) is 5.02 Å². The van der Waals surface area contributed by atoms with Crippen molar-refractivity contribution in [3.8, 4) is 0 Å². The van der Waals surface area contributed by atoms with Gasteiger partial charge in [-0.1, -0.05) is 17.7 Å². The average Bonchev–Trinajstić information content (AvgIpc) is 3.08. The number of benzene rings is 1. The second kappa shape index (κ2) is 8.53. The third-order valence-electron chi connectivity index (χ3n) is 5.61. The van der Waals surface area contributed by atoms with Crippen LogP contribution in [0, 0.1) is 6.92 Å². The van der Waals surface area contributed by atoms with Gasteiger partial charge < -0.3 is 15.2 Å². The number of aromatic nitrogens is 2. The summed E-state index contributed by atoms with van der Waals surface area (Å²) >= 11 is 6.35. The molecule has 1 aromatic carbocycles. The molecule has 3 heterocycles. The van der Waals surface area contributed by atoms with Gasteiger partial charge >= 0.3 is 0 Å². The van der Waals surface area contributed by atoms with E-state index in [0.29, 0.717) is 10.7 Å². The van der Waals surface area contributed by atoms with E-state index in [2.05, 4.69) is 15.6 Å². The van der Waals surface area contributed by atoms with Crippen molar-refractivity contribution in [2.24, 2.45) is 7.05 Å². The summed E-state index contributed by atoms with van der Waals surface area (Å²) in [6, 6.07) is 8.55. The molecule has 1 saturated heterocycles. The third kappa shape index (κ3) is 3.96. The van der Waals surface area contributed by atoms with Crippen molar-refractivity contribution in [1.29, 1.82) is 0 Å². The molecule has 1 aliphatic rings. The first kappa shape index (κ1) is 22.3. The van der Waals surface area contributed by atoms with Crippen LogP contribution in [0.25, 0.3) is 10.9 Å². The number of hydrogen-bond donors (Lipinski definition) is 2. The number of nitrogens with zero attached hydrogens (tertiary/aromatic N) is 3. The van der Waals surface area contributed by atoms with Crippen molar-refractivity contribution in [1.82, 2.24) is 24.5 Å². The largest absolute Gasteiger partial charge is 0.354 e. The van der Waals surface area contributed by atoms with Crippen LogP contribution in [0.4, 0.5) is 0 Å². The highest BCUT2D eigenvalue weighted by Crippen LogP contribution is 2.26. The Morgan fingerprint density at radius 3 is 2.84 bits per heavy atom. The zero-order valence-corrected chi connectivity index (χ0v) is 19.1. The van der Waals surface area contributed by atoms with Gasteiger partial charge in [0.25, 0.3) is 5.91 Å². The SMILES string of the molecule is Cc1c(S(=O)(=O)N2CCNC(=O)C2)cc(C(=O)NCc2c(Cl)ccc3ncccc23)n1C. The summed E-state index contributed by atoms with van der Waals surface area (Å²) in [7, 11) is -2.30. The minimum Gasteiger partial charge on any atom is -0.354 e. The predicted molar refractivity (Wildman–Crippen MR) is 120 cm³/mol. The van der Waals surface area contributed by atoms with E-state index in [-0.39, 0.29) is 42.7 Å². The van der Waals surface area contributed by atoms with Crippen LogP contribution in [-0.2, 0) is 28.4 Å². The summed E-state index contributed by atoms with van der Waals surface area (Å²) in [6.07, 6.45) is 1.68. The minimum absolute atomic E-state index is 0.00671. The lowest BCUT2D eigenvalue weighted by Crippen LogP contribution is -2.49. The predicted octanol–water partition coefficient (Wildman–Crippen LogP) is 1.59. The molecule has 168 valence electrons. The zero-order valence-electron chi connectivity index (χ0n) is 17.6. The number of rotatable bonds is 5. The maximum absolute atomic E-state index is 13.1. The monoisotopic (exact) mass is 475 g/mol. The van der Waals surface area contributed by atoms with Crippen molar-refractivity contribution < 1.29 is 18.0 Å². The quantitative estimate of drug-likeness (QED) is 0.581. The van der Waals surface area contributed by atoms with Crippen molar-refractivity contribution in [2.75, 3.05) is 19.6 Å². The third-order valence-corrected chi connectivity index (χ3v) is 7.92. The number of pyridine rings is 1. The lowest BCUT2D eigenvalue weighted by molar-refractivity contribution is -0.122. The molecule has 1 fully saturated rings. The summed E-state index contributed by atoms with van der Waals surface area (Å²) in [5.74, 6) is -0.793. The summed E-state index contributed by atoms with van der Waals surface area (Å²) < 4.78 is 28.8. The summed E-state index contributed by atoms with van der Waals surface area (Å²) in [5.41, 5.74) is 2.09. The van der Waals surface area contributed by atoms with Crippen molar-refractivity contribution in [2.45, 2.75) is 18.4 Å². The normalized spacial score (nSPS) is 15.0. The minimum atomic E-state index is -3.92. The molecule has 9 nitrogen and oxygen atoms in total. The van der Waals surface area contributed by atoms with Gasteiger partial charge in [-0.05, 0) is 36.8 Å². The molecule has 3 aromatic rings. The van der Waals surface area contributed by atoms with Gasteiger partial charge in [0.1, 0.15) is 10.6 Å². The molecule has 2 aromatic heterocycles. The van der Waals surface area contributed by atoms with Crippen LogP contribution < -0.4 is 10.6 Å². The maximum Gasteiger partial charge on any atom is 0.268 e. The van der Waals surface area contributed by atoms with E-state index < -0.39 is 15.9 Å². The Kier molecular flexibility index (Phi) is 5.93. The van der Waals surface area contributed by atoms with Crippen LogP contribution in [-0.4, -0.2) is 53.7 Å². The number of hydrogen-bond acceptors (Lipinski definition) is 5. The second-order valence-corrected chi connectivity index (χ2v) is 9.82. The highest BCUT2D eigenvalue weighted by atomic mass is 35.5. The van der Waals surface area contributed by atoms with E-state index in [0.717, 1.165) is 20.8 Å². The first-order valence-corrected chi connectivity index (χ1v) is 11.8. The van der Waals surface area contributed by atoms with Crippen LogP contribution in [0.1, 0.15) is 21.7 Å². The number of halogens is 1. The molecule has 0 radical (unpaired) electrons. The van der Waals surface area contributed by atoms with Crippen LogP contribution >= 0.6 is 11.6 Å². The van der Waals surface area contributed by atoms with Gasteiger partial charge in [0.15, 0.2) is 0 Å². The number of sulfonamides is 1. The van der Waals surface area contributed by atoms with Gasteiger partial charge in [-0.15, -0.1) is 0 Å². The molecule has 0 spiro atoms. The molecule has 0 saturated carbocycles. The van der Waals surface area contributed by atoms with E-state index in [1.165, 1.54) is 10.6 Å². The van der Waals surface area contributed by atoms with Gasteiger partial charge in [0, 0.05) is 49.0 Å². The number of carbonyl (C=O) groups is 2. The van der Waals surface area contributed by atoms with E-state index in [1.807, 2.05) is 12.1 Å². The van der Waals surface area contributed by atoms with Gasteiger partial charge in [0.2, 0.25) is 15.9 Å². The number of nitrogens with one attached hydrogen (secondary N) is 2. The van der Waals surface area contributed by atoms with E-state index in [9.17, 15) is 18.0 Å². The molecule has 2 amide bonds. The van der Waals surface area contributed by atoms with Crippen molar-refractivity contribution in [3.63, 3.8) is 0 Å². The Morgan fingerprint density at radius 1 is 1.31 bits per heavy atom. The lowest BCUT2D eigenvalue weighted by Gasteiger charge is -2.25. The van der Waals surface area contributed by atoms with Crippen LogP contribution in [0.5, 0.6) is 0 Å². The topological polar surface area (TPSA) is 113 Å². The van der Waals surface area contributed by atoms with E-state index in [1.54, 1.807) is 32.3 Å². The lowest BCUT2D eigenvalue weighted by atomic mass is 10.1. The smallest absolute Gasteiger partial charge is 0.268 e. The first-order valence-electron chi connectivity index (χ1n) is 9.93. The Labute approximate surface area is 190 Å². The van der Waals surface area contributed by atoms with Crippen molar-refractivity contribution >= 4 is 44.3 Å². The zero-order chi connectivity index (χ0) is 23.0. The maximum atomic E-state index is 13.1. The molecule has 1 aliphatic heterocycles. The van der Waals surface area contributed by atoms with Gasteiger partial charge in [0.05, 0.1) is 12.1 Å². The molecule has 32 heavy (non-hydrogen) atoms. The number of amides is 2. The summed E-state index contributed by atoms with van der Waals surface area (Å²) in [6.45, 7) is 1.96. The number of carbonyl (C=O) groups excluding carboxylic acids is 2. The molecular weight excluding hydrogens is 454 g/mol. The molecule has 0 unspecified atom stereocenters. The molecular formula is C21H22ClN5O4S. The molecule has 4 rings (SSSR count). The van der Waals surface area contributed by atoms with Crippen LogP contribution in [0.3, 0.4) is 0 Å². The first-order chi connectivity index (χ1) is 15.2. The fourth-order valence-corrected chi connectivity index (χ4v) is 5.63. The summed E-state index contributed by atoms with van der Waals surface area (Å²) in [5, 5.41) is 6.76. The second-order valence-electron chi connectivity index (χ2n) is 7.51. The molecule has 0 bridgehead atoms. The average molecular weight is 476 g/mol. The molecule has 11 heteroatoms. The molecule has 0 atom stereocenters. The standard InChI is InChI=1S/C21H22ClN5O4S/c1-13-19(32(30,31)27-9-8-24-20(28)12-27)10-18(26(13)2)21(29)25-11-15-14-4-3-7-23-17(14)6-5-16(15)22/h3-7,10H,8-9,11-12H2,1-2H3,(H,24,28)(H,25,29). The molecule has 0 aliphatic carbocycles. The Hall–Kier alpha value is -2.95. The Bertz CT molecular complexity index is 1340. The fourth-order valence-electron chi connectivity index (χ4n) is 3.74. The highest BCUT2D eigenvalue weighted by molar-refractivity contribution is 7.89. The summed E-state index contributed by atoms with van der Waals surface area (Å²) in [4.78, 5) is 28.9. The van der Waals surface area contributed by atoms with Gasteiger partial charge in [-0.3, -0.25) is 14.6 Å². The Balaban J connectivity index is 1.60. The van der Waals surface area contributed by atoms with Gasteiger partial charge in [-0.25, -0.2) is 8.42 Å². The van der Waals surface area contributed by atoms with E-state index in [4.69, 9.17) is 11.6 Å². The number of fused-ring (bicyclic) bond motifs is 1. The Morgan fingerprint density at radius 2 is 2.09 bits per heavy atom. The molecule has 2 N–H and O–H groups in total.